The van der Waals surface area contributed by atoms with Crippen LogP contribution in [0.15, 0.2) is 91.0 Å². The minimum absolute atomic E-state index is 0.0721. The molecular weight excluding hydrogens is 470 g/mol. The summed E-state index contributed by atoms with van der Waals surface area (Å²) in [5.74, 6) is -1.60. The van der Waals surface area contributed by atoms with Crippen molar-refractivity contribution in [2.24, 2.45) is 0 Å². The molecule has 0 saturated carbocycles. The molecule has 0 aliphatic heterocycles. The molecule has 186 valence electrons. The quantitative estimate of drug-likeness (QED) is 0.187. The maximum absolute atomic E-state index is 12.4. The topological polar surface area (TPSA) is 98.8 Å². The largest absolute Gasteiger partial charge is 0.457 e. The van der Waals surface area contributed by atoms with Gasteiger partial charge >= 0.3 is 11.9 Å². The van der Waals surface area contributed by atoms with Gasteiger partial charge in [0.25, 0.3) is 0 Å². The number of carbonyl (C=O) groups is 4. The Morgan fingerprint density at radius 1 is 0.730 bits per heavy atom. The van der Waals surface area contributed by atoms with Crippen molar-refractivity contribution in [1.82, 2.24) is 0 Å². The van der Waals surface area contributed by atoms with Gasteiger partial charge in [-0.25, -0.2) is 4.79 Å². The van der Waals surface area contributed by atoms with E-state index in [1.165, 1.54) is 24.3 Å². The van der Waals surface area contributed by atoms with Crippen LogP contribution in [0.1, 0.15) is 39.1 Å². The number of carbonyl (C=O) groups excluding carboxylic acids is 4. The number of esters is 2. The molecule has 37 heavy (non-hydrogen) atoms. The zero-order valence-electron chi connectivity index (χ0n) is 20.2. The normalized spacial score (nSPS) is 10.5. The van der Waals surface area contributed by atoms with E-state index in [0.717, 1.165) is 16.3 Å². The molecule has 4 aromatic rings. The van der Waals surface area contributed by atoms with Crippen LogP contribution < -0.4 is 10.1 Å². The van der Waals surface area contributed by atoms with Crippen LogP contribution in [0, 0.1) is 6.92 Å². The maximum atomic E-state index is 12.4. The summed E-state index contributed by atoms with van der Waals surface area (Å²) in [6.45, 7) is 1.47. The van der Waals surface area contributed by atoms with Crippen molar-refractivity contribution in [1.29, 1.82) is 0 Å². The van der Waals surface area contributed by atoms with E-state index in [-0.39, 0.29) is 24.5 Å². The molecule has 0 unspecified atom stereocenters. The van der Waals surface area contributed by atoms with Gasteiger partial charge in [-0.05, 0) is 54.8 Å². The summed E-state index contributed by atoms with van der Waals surface area (Å²) in [6.07, 6.45) is -0.227. The molecule has 4 aromatic carbocycles. The summed E-state index contributed by atoms with van der Waals surface area (Å²) >= 11 is 0. The van der Waals surface area contributed by atoms with Crippen molar-refractivity contribution in [2.75, 3.05) is 11.9 Å². The molecule has 1 amide bonds. The van der Waals surface area contributed by atoms with Gasteiger partial charge in [-0.2, -0.15) is 0 Å². The number of Topliss-reactive ketones (excluding diaryl/α,β-unsaturated/α-hetero) is 1. The summed E-state index contributed by atoms with van der Waals surface area (Å²) in [6, 6.07) is 26.2. The number of hydrogen-bond acceptors (Lipinski definition) is 6. The van der Waals surface area contributed by atoms with Crippen LogP contribution in [-0.4, -0.2) is 30.2 Å². The third-order valence-electron chi connectivity index (χ3n) is 5.66. The van der Waals surface area contributed by atoms with Crippen molar-refractivity contribution < 1.29 is 28.7 Å². The predicted molar refractivity (Wildman–Crippen MR) is 140 cm³/mol. The highest BCUT2D eigenvalue weighted by atomic mass is 16.5. The molecule has 0 radical (unpaired) electrons. The summed E-state index contributed by atoms with van der Waals surface area (Å²) in [5.41, 5.74) is 2.42. The monoisotopic (exact) mass is 495 g/mol. The van der Waals surface area contributed by atoms with E-state index in [1.54, 1.807) is 18.2 Å². The Kier molecular flexibility index (Phi) is 8.05. The summed E-state index contributed by atoms with van der Waals surface area (Å²) in [4.78, 5) is 49.0. The average Bonchev–Trinajstić information content (AvgIpc) is 2.91. The third kappa shape index (κ3) is 6.89. The number of benzene rings is 4. The molecule has 7 nitrogen and oxygen atoms in total. The minimum Gasteiger partial charge on any atom is -0.457 e. The van der Waals surface area contributed by atoms with Crippen LogP contribution in [0.3, 0.4) is 0 Å². The third-order valence-corrected chi connectivity index (χ3v) is 5.66. The van der Waals surface area contributed by atoms with Crippen LogP contribution in [0.4, 0.5) is 5.69 Å². The Hall–Kier alpha value is -4.78. The Labute approximate surface area is 214 Å². The van der Waals surface area contributed by atoms with Crippen LogP contribution in [0.2, 0.25) is 0 Å². The van der Waals surface area contributed by atoms with E-state index in [1.807, 2.05) is 55.5 Å². The van der Waals surface area contributed by atoms with Gasteiger partial charge in [0.2, 0.25) is 5.91 Å². The van der Waals surface area contributed by atoms with Gasteiger partial charge in [-0.3, -0.25) is 14.4 Å². The van der Waals surface area contributed by atoms with Gasteiger partial charge in [0, 0.05) is 23.1 Å². The lowest BCUT2D eigenvalue weighted by Gasteiger charge is -2.09. The molecule has 0 spiro atoms. The van der Waals surface area contributed by atoms with Gasteiger partial charge in [0.05, 0.1) is 12.0 Å². The molecule has 0 atom stereocenters. The zero-order chi connectivity index (χ0) is 26.2. The standard InChI is InChI=1S/C30H25NO6/c1-20-9-11-23(12-10-20)30(35)37-24-15-13-22(14-16-24)27(32)19-36-29(34)18-17-28(33)31-26-8-4-6-21-5-2-3-7-25(21)26/h2-16H,17-19H2,1H3,(H,31,33). The molecule has 4 rings (SSSR count). The first-order valence-electron chi connectivity index (χ1n) is 11.7. The molecule has 0 saturated heterocycles. The lowest BCUT2D eigenvalue weighted by molar-refractivity contribution is -0.143. The first-order chi connectivity index (χ1) is 17.9. The Morgan fingerprint density at radius 2 is 1.41 bits per heavy atom. The number of aryl methyl sites for hydroxylation is 1. The summed E-state index contributed by atoms with van der Waals surface area (Å²) in [5, 5.41) is 4.71. The van der Waals surface area contributed by atoms with E-state index in [4.69, 9.17) is 9.47 Å². The zero-order valence-corrected chi connectivity index (χ0v) is 20.2. The van der Waals surface area contributed by atoms with E-state index < -0.39 is 24.3 Å². The molecule has 0 heterocycles. The lowest BCUT2D eigenvalue weighted by atomic mass is 10.1. The Morgan fingerprint density at radius 3 is 2.16 bits per heavy atom. The molecule has 7 heteroatoms. The fourth-order valence-electron chi connectivity index (χ4n) is 3.63. The van der Waals surface area contributed by atoms with E-state index in [9.17, 15) is 19.2 Å². The van der Waals surface area contributed by atoms with Crippen LogP contribution >= 0.6 is 0 Å². The highest BCUT2D eigenvalue weighted by Crippen LogP contribution is 2.23. The average molecular weight is 496 g/mol. The van der Waals surface area contributed by atoms with Gasteiger partial charge in [0.15, 0.2) is 12.4 Å². The second-order valence-electron chi connectivity index (χ2n) is 8.44. The first kappa shape index (κ1) is 25.3. The number of fused-ring (bicyclic) bond motifs is 1. The fourth-order valence-corrected chi connectivity index (χ4v) is 3.63. The van der Waals surface area contributed by atoms with Crippen LogP contribution in [0.25, 0.3) is 10.8 Å². The molecule has 0 bridgehead atoms. The minimum atomic E-state index is -0.648. The SMILES string of the molecule is Cc1ccc(C(=O)Oc2ccc(C(=O)COC(=O)CCC(=O)Nc3cccc4ccccc34)cc2)cc1. The second-order valence-corrected chi connectivity index (χ2v) is 8.44. The lowest BCUT2D eigenvalue weighted by Crippen LogP contribution is -2.17. The molecule has 1 N–H and O–H groups in total. The summed E-state index contributed by atoms with van der Waals surface area (Å²) in [7, 11) is 0. The van der Waals surface area contributed by atoms with E-state index >= 15 is 0 Å². The Balaban J connectivity index is 1.21. The number of amides is 1. The van der Waals surface area contributed by atoms with Crippen LogP contribution in [-0.2, 0) is 14.3 Å². The van der Waals surface area contributed by atoms with Crippen LogP contribution in [0.5, 0.6) is 5.75 Å². The van der Waals surface area contributed by atoms with Crippen molar-refractivity contribution >= 4 is 40.1 Å². The number of anilines is 1. The van der Waals surface area contributed by atoms with E-state index in [0.29, 0.717) is 16.8 Å². The van der Waals surface area contributed by atoms with Crippen molar-refractivity contribution in [3.05, 3.63) is 108 Å². The van der Waals surface area contributed by atoms with Crippen molar-refractivity contribution in [2.45, 2.75) is 19.8 Å². The smallest absolute Gasteiger partial charge is 0.343 e. The van der Waals surface area contributed by atoms with Gasteiger partial charge in [-0.15, -0.1) is 0 Å². The number of nitrogens with one attached hydrogen (secondary N) is 1. The van der Waals surface area contributed by atoms with E-state index in [2.05, 4.69) is 5.32 Å². The molecule has 0 fully saturated rings. The van der Waals surface area contributed by atoms with Gasteiger partial charge in [0.1, 0.15) is 5.75 Å². The van der Waals surface area contributed by atoms with Crippen molar-refractivity contribution in [3.8, 4) is 5.75 Å². The Bertz CT molecular complexity index is 1440. The highest BCUT2D eigenvalue weighted by molar-refractivity contribution is 6.03. The molecule has 0 aliphatic carbocycles. The predicted octanol–water partition coefficient (Wildman–Crippen LogP) is 5.51. The molecule has 0 aromatic heterocycles. The first-order valence-corrected chi connectivity index (χ1v) is 11.7. The molecule has 0 aliphatic rings. The second kappa shape index (κ2) is 11.8. The highest BCUT2D eigenvalue weighted by Gasteiger charge is 2.14. The number of hydrogen-bond donors (Lipinski definition) is 1. The fraction of sp³-hybridized carbons (Fsp3) is 0.133. The maximum Gasteiger partial charge on any atom is 0.343 e. The number of rotatable bonds is 9. The number of ketones is 1. The van der Waals surface area contributed by atoms with Crippen molar-refractivity contribution in [3.63, 3.8) is 0 Å². The number of ether oxygens (including phenoxy) is 2. The van der Waals surface area contributed by atoms with Gasteiger partial charge < -0.3 is 14.8 Å². The molecular formula is C30H25NO6. The summed E-state index contributed by atoms with van der Waals surface area (Å²) < 4.78 is 10.4. The van der Waals surface area contributed by atoms with Gasteiger partial charge in [-0.1, -0.05) is 54.1 Å².